The summed E-state index contributed by atoms with van der Waals surface area (Å²) in [6.45, 7) is 3.06. The number of nitrogens with one attached hydrogen (secondary N) is 2. The number of hydrogen-bond donors (Lipinski definition) is 2. The van der Waals surface area contributed by atoms with Gasteiger partial charge in [-0.1, -0.05) is 24.3 Å². The Morgan fingerprint density at radius 1 is 1.33 bits per heavy atom. The van der Waals surface area contributed by atoms with Crippen LogP contribution in [-0.4, -0.2) is 29.5 Å². The maximum atomic E-state index is 12.4. The van der Waals surface area contributed by atoms with Crippen LogP contribution >= 0.6 is 0 Å². The van der Waals surface area contributed by atoms with E-state index >= 15 is 0 Å². The molecule has 1 aliphatic heterocycles. The molecule has 0 saturated heterocycles. The Bertz CT molecular complexity index is 739. The summed E-state index contributed by atoms with van der Waals surface area (Å²) in [4.78, 5) is 0. The van der Waals surface area contributed by atoms with Gasteiger partial charge in [0.05, 0.1) is 6.20 Å². The number of hydrogen-bond acceptors (Lipinski definition) is 3. The maximum absolute atomic E-state index is 12.4. The predicted octanol–water partition coefficient (Wildman–Crippen LogP) is 1.11. The van der Waals surface area contributed by atoms with Gasteiger partial charge < -0.3 is 0 Å². The van der Waals surface area contributed by atoms with Crippen molar-refractivity contribution in [2.24, 2.45) is 0 Å². The number of fused-ring (bicyclic) bond motifs is 1. The third-order valence-corrected chi connectivity index (χ3v) is 5.32. The van der Waals surface area contributed by atoms with Crippen molar-refractivity contribution in [3.8, 4) is 0 Å². The van der Waals surface area contributed by atoms with Crippen LogP contribution in [0.2, 0.25) is 0 Å². The quantitative estimate of drug-likeness (QED) is 0.888. The van der Waals surface area contributed by atoms with Crippen molar-refractivity contribution in [1.82, 2.24) is 19.2 Å². The van der Waals surface area contributed by atoms with Gasteiger partial charge in [0.15, 0.2) is 0 Å². The summed E-state index contributed by atoms with van der Waals surface area (Å²) in [5, 5.41) is 6.69. The van der Waals surface area contributed by atoms with Crippen LogP contribution in [0, 0.1) is 6.92 Å². The van der Waals surface area contributed by atoms with E-state index in [1.807, 2.05) is 25.1 Å². The molecule has 2 N–H and O–H groups in total. The van der Waals surface area contributed by atoms with Gasteiger partial charge in [-0.15, -0.1) is 0 Å². The maximum Gasteiger partial charge on any atom is 0.280 e. The van der Waals surface area contributed by atoms with E-state index in [2.05, 4.69) is 21.0 Å². The second-order valence-electron chi connectivity index (χ2n) is 5.20. The molecule has 3 rings (SSSR count). The van der Waals surface area contributed by atoms with E-state index in [4.69, 9.17) is 0 Å². The first-order chi connectivity index (χ1) is 10.1. The molecule has 0 fully saturated rings. The highest BCUT2D eigenvalue weighted by molar-refractivity contribution is 7.87. The minimum absolute atomic E-state index is 0.253. The van der Waals surface area contributed by atoms with Gasteiger partial charge in [0, 0.05) is 30.9 Å². The van der Waals surface area contributed by atoms with Crippen molar-refractivity contribution < 1.29 is 8.42 Å². The SMILES string of the molecule is Cc1[nH]ncc1CNS(=O)(=O)N1CCc2ccccc2C1. The molecule has 0 atom stereocenters. The highest BCUT2D eigenvalue weighted by Gasteiger charge is 2.26. The molecule has 0 saturated carbocycles. The van der Waals surface area contributed by atoms with E-state index in [1.165, 1.54) is 9.87 Å². The average Bonchev–Trinajstić information content (AvgIpc) is 2.90. The summed E-state index contributed by atoms with van der Waals surface area (Å²) in [7, 11) is -3.48. The number of nitrogens with zero attached hydrogens (tertiary/aromatic N) is 2. The van der Waals surface area contributed by atoms with E-state index in [0.717, 1.165) is 23.2 Å². The topological polar surface area (TPSA) is 78.1 Å². The fourth-order valence-electron chi connectivity index (χ4n) is 2.49. The summed E-state index contributed by atoms with van der Waals surface area (Å²) in [6, 6.07) is 7.97. The predicted molar refractivity (Wildman–Crippen MR) is 79.6 cm³/mol. The zero-order chi connectivity index (χ0) is 14.9. The molecule has 2 heterocycles. The molecule has 0 unspecified atom stereocenters. The lowest BCUT2D eigenvalue weighted by molar-refractivity contribution is 0.384. The lowest BCUT2D eigenvalue weighted by Gasteiger charge is -2.28. The van der Waals surface area contributed by atoms with Crippen molar-refractivity contribution in [3.05, 3.63) is 52.8 Å². The minimum atomic E-state index is -3.48. The Morgan fingerprint density at radius 3 is 2.81 bits per heavy atom. The average molecular weight is 306 g/mol. The molecule has 1 aromatic heterocycles. The molecular weight excluding hydrogens is 288 g/mol. The molecule has 0 spiro atoms. The molecule has 21 heavy (non-hydrogen) atoms. The van der Waals surface area contributed by atoms with Gasteiger partial charge in [-0.2, -0.15) is 22.5 Å². The highest BCUT2D eigenvalue weighted by Crippen LogP contribution is 2.20. The summed E-state index contributed by atoms with van der Waals surface area (Å²) < 4.78 is 28.9. The number of aryl methyl sites for hydroxylation is 1. The summed E-state index contributed by atoms with van der Waals surface area (Å²) in [6.07, 6.45) is 2.39. The van der Waals surface area contributed by atoms with E-state index in [-0.39, 0.29) is 6.54 Å². The van der Waals surface area contributed by atoms with Crippen LogP contribution in [0.15, 0.2) is 30.5 Å². The van der Waals surface area contributed by atoms with Crippen LogP contribution in [0.5, 0.6) is 0 Å². The zero-order valence-corrected chi connectivity index (χ0v) is 12.7. The lowest BCUT2D eigenvalue weighted by atomic mass is 10.0. The first kappa shape index (κ1) is 14.2. The van der Waals surface area contributed by atoms with Crippen LogP contribution in [-0.2, 0) is 29.7 Å². The molecular formula is C14H18N4O2S. The molecule has 0 aliphatic carbocycles. The molecule has 2 aromatic rings. The number of aromatic amines is 1. The van der Waals surface area contributed by atoms with Gasteiger partial charge in [0.25, 0.3) is 10.2 Å². The van der Waals surface area contributed by atoms with Crippen LogP contribution in [0.25, 0.3) is 0 Å². The van der Waals surface area contributed by atoms with Crippen LogP contribution in [0.3, 0.4) is 0 Å². The van der Waals surface area contributed by atoms with Crippen molar-refractivity contribution in [2.75, 3.05) is 6.54 Å². The standard InChI is InChI=1S/C14H18N4O2S/c1-11-14(8-15-17-11)9-16-21(19,20)18-7-6-12-4-2-3-5-13(12)10-18/h2-5,8,16H,6-7,9-10H2,1H3,(H,15,17). The van der Waals surface area contributed by atoms with Gasteiger partial charge in [0.1, 0.15) is 0 Å². The van der Waals surface area contributed by atoms with E-state index in [1.54, 1.807) is 6.20 Å². The summed E-state index contributed by atoms with van der Waals surface area (Å²) in [5.41, 5.74) is 4.04. The van der Waals surface area contributed by atoms with Gasteiger partial charge in [-0.25, -0.2) is 0 Å². The van der Waals surface area contributed by atoms with E-state index in [9.17, 15) is 8.42 Å². The zero-order valence-electron chi connectivity index (χ0n) is 11.8. The molecule has 7 heteroatoms. The number of benzene rings is 1. The Balaban J connectivity index is 1.70. The van der Waals surface area contributed by atoms with E-state index in [0.29, 0.717) is 13.1 Å². The van der Waals surface area contributed by atoms with E-state index < -0.39 is 10.2 Å². The Morgan fingerprint density at radius 2 is 2.10 bits per heavy atom. The van der Waals surface area contributed by atoms with Crippen molar-refractivity contribution in [3.63, 3.8) is 0 Å². The molecule has 0 radical (unpaired) electrons. The van der Waals surface area contributed by atoms with Crippen molar-refractivity contribution in [2.45, 2.75) is 26.4 Å². The second-order valence-corrected chi connectivity index (χ2v) is 6.95. The number of H-pyrrole nitrogens is 1. The molecule has 1 aromatic carbocycles. The Hall–Kier alpha value is -1.70. The third kappa shape index (κ3) is 2.99. The monoisotopic (exact) mass is 306 g/mol. The van der Waals surface area contributed by atoms with Gasteiger partial charge in [0.2, 0.25) is 0 Å². The Labute approximate surface area is 124 Å². The Kier molecular flexibility index (Phi) is 3.79. The minimum Gasteiger partial charge on any atom is -0.283 e. The molecule has 0 bridgehead atoms. The largest absolute Gasteiger partial charge is 0.283 e. The van der Waals surface area contributed by atoms with Gasteiger partial charge >= 0.3 is 0 Å². The van der Waals surface area contributed by atoms with Crippen molar-refractivity contribution in [1.29, 1.82) is 0 Å². The van der Waals surface area contributed by atoms with Crippen LogP contribution in [0.1, 0.15) is 22.4 Å². The summed E-state index contributed by atoms with van der Waals surface area (Å²) >= 11 is 0. The van der Waals surface area contributed by atoms with Crippen molar-refractivity contribution >= 4 is 10.2 Å². The molecule has 6 nitrogen and oxygen atoms in total. The highest BCUT2D eigenvalue weighted by atomic mass is 32.2. The fraction of sp³-hybridized carbons (Fsp3) is 0.357. The van der Waals surface area contributed by atoms with Crippen LogP contribution < -0.4 is 4.72 Å². The van der Waals surface area contributed by atoms with Gasteiger partial charge in [-0.3, -0.25) is 5.10 Å². The second kappa shape index (κ2) is 5.59. The normalized spacial score (nSPS) is 15.9. The lowest BCUT2D eigenvalue weighted by Crippen LogP contribution is -2.43. The fourth-order valence-corrected chi connectivity index (χ4v) is 3.65. The smallest absolute Gasteiger partial charge is 0.280 e. The first-order valence-electron chi connectivity index (χ1n) is 6.86. The first-order valence-corrected chi connectivity index (χ1v) is 8.30. The summed E-state index contributed by atoms with van der Waals surface area (Å²) in [5.74, 6) is 0. The third-order valence-electron chi connectivity index (χ3n) is 3.81. The van der Waals surface area contributed by atoms with Crippen LogP contribution in [0.4, 0.5) is 0 Å². The molecule has 1 aliphatic rings. The van der Waals surface area contributed by atoms with Gasteiger partial charge in [-0.05, 0) is 24.5 Å². The number of rotatable bonds is 4. The number of aromatic nitrogens is 2. The molecule has 0 amide bonds. The molecule has 112 valence electrons.